The maximum Gasteiger partial charge on any atom is 0.359 e. The van der Waals surface area contributed by atoms with Crippen LogP contribution in [0, 0.1) is 6.92 Å². The number of carbonyl (C=O) groups excluding carboxylic acids is 2. The lowest BCUT2D eigenvalue weighted by Gasteiger charge is -2.10. The summed E-state index contributed by atoms with van der Waals surface area (Å²) in [7, 11) is 0. The van der Waals surface area contributed by atoms with Crippen LogP contribution >= 0.6 is 11.6 Å². The number of hydrogen-bond donors (Lipinski definition) is 0. The van der Waals surface area contributed by atoms with E-state index in [2.05, 4.69) is 5.10 Å². The second kappa shape index (κ2) is 11.0. The van der Waals surface area contributed by atoms with Gasteiger partial charge in [0, 0.05) is 16.1 Å². The van der Waals surface area contributed by atoms with E-state index in [1.54, 1.807) is 23.7 Å². The van der Waals surface area contributed by atoms with Crippen LogP contribution in [0.3, 0.4) is 0 Å². The predicted octanol–water partition coefficient (Wildman–Crippen LogP) is 5.56. The third-order valence-electron chi connectivity index (χ3n) is 5.00. The van der Waals surface area contributed by atoms with E-state index in [1.807, 2.05) is 50.2 Å². The highest BCUT2D eigenvalue weighted by Crippen LogP contribution is 2.30. The molecule has 1 aromatic heterocycles. The number of nitrogens with zero attached hydrogens (tertiary/aromatic N) is 2. The zero-order valence-electron chi connectivity index (χ0n) is 18.6. The topological polar surface area (TPSA) is 70.4 Å². The molecule has 168 valence electrons. The molecule has 0 aliphatic carbocycles. The van der Waals surface area contributed by atoms with Gasteiger partial charge in [0.2, 0.25) is 0 Å². The maximum atomic E-state index is 12.7. The minimum Gasteiger partial charge on any atom is -0.466 e. The lowest BCUT2D eigenvalue weighted by atomic mass is 10.1. The Morgan fingerprint density at radius 1 is 1.00 bits per heavy atom. The highest BCUT2D eigenvalue weighted by molar-refractivity contribution is 6.30. The molecule has 0 unspecified atom stereocenters. The monoisotopic (exact) mass is 454 g/mol. The Kier molecular flexibility index (Phi) is 8.06. The van der Waals surface area contributed by atoms with Crippen LogP contribution in [0.25, 0.3) is 16.9 Å². The SMILES string of the molecule is CCCCOC(=O)c1nn(-c2ccc(CC(=O)OCC)cc2)c(-c2ccc(Cl)cc2)c1C. The third-order valence-corrected chi connectivity index (χ3v) is 5.25. The van der Waals surface area contributed by atoms with Crippen molar-refractivity contribution >= 4 is 23.5 Å². The van der Waals surface area contributed by atoms with Crippen LogP contribution in [0.15, 0.2) is 48.5 Å². The molecule has 7 heteroatoms. The molecule has 0 aliphatic rings. The number of carbonyl (C=O) groups is 2. The zero-order valence-corrected chi connectivity index (χ0v) is 19.3. The van der Waals surface area contributed by atoms with Gasteiger partial charge in [-0.2, -0.15) is 5.10 Å². The normalized spacial score (nSPS) is 10.8. The summed E-state index contributed by atoms with van der Waals surface area (Å²) in [5.41, 5.74) is 4.26. The van der Waals surface area contributed by atoms with Crippen molar-refractivity contribution in [3.63, 3.8) is 0 Å². The Morgan fingerprint density at radius 3 is 2.31 bits per heavy atom. The van der Waals surface area contributed by atoms with Crippen LogP contribution < -0.4 is 0 Å². The van der Waals surface area contributed by atoms with E-state index in [4.69, 9.17) is 21.1 Å². The molecule has 0 radical (unpaired) electrons. The second-order valence-corrected chi connectivity index (χ2v) is 7.82. The fraction of sp³-hybridized carbons (Fsp3) is 0.320. The van der Waals surface area contributed by atoms with Gasteiger partial charge in [0.1, 0.15) is 0 Å². The first-order valence-corrected chi connectivity index (χ1v) is 11.1. The van der Waals surface area contributed by atoms with Gasteiger partial charge in [0.05, 0.1) is 31.0 Å². The smallest absolute Gasteiger partial charge is 0.359 e. The Morgan fingerprint density at radius 2 is 1.69 bits per heavy atom. The number of benzene rings is 2. The van der Waals surface area contributed by atoms with Crippen molar-refractivity contribution in [2.24, 2.45) is 0 Å². The van der Waals surface area contributed by atoms with Crippen molar-refractivity contribution in [1.82, 2.24) is 9.78 Å². The van der Waals surface area contributed by atoms with Crippen molar-refractivity contribution in [1.29, 1.82) is 0 Å². The fourth-order valence-corrected chi connectivity index (χ4v) is 3.46. The van der Waals surface area contributed by atoms with Crippen LogP contribution in [0.5, 0.6) is 0 Å². The van der Waals surface area contributed by atoms with Gasteiger partial charge in [-0.3, -0.25) is 4.79 Å². The Hall–Kier alpha value is -3.12. The minimum atomic E-state index is -0.441. The van der Waals surface area contributed by atoms with Crippen LogP contribution in [0.1, 0.15) is 48.3 Å². The first-order chi connectivity index (χ1) is 15.4. The molecule has 0 saturated carbocycles. The first kappa shape index (κ1) is 23.5. The van der Waals surface area contributed by atoms with E-state index >= 15 is 0 Å². The number of rotatable bonds is 9. The molecule has 2 aromatic carbocycles. The quantitative estimate of drug-likeness (QED) is 0.312. The minimum absolute atomic E-state index is 0.200. The molecule has 0 spiro atoms. The van der Waals surface area contributed by atoms with E-state index in [9.17, 15) is 9.59 Å². The van der Waals surface area contributed by atoms with E-state index < -0.39 is 5.97 Å². The van der Waals surface area contributed by atoms with Gasteiger partial charge >= 0.3 is 11.9 Å². The summed E-state index contributed by atoms with van der Waals surface area (Å²) in [6.45, 7) is 6.40. The molecule has 1 heterocycles. The number of esters is 2. The Labute approximate surface area is 193 Å². The van der Waals surface area contributed by atoms with Gasteiger partial charge in [-0.15, -0.1) is 0 Å². The zero-order chi connectivity index (χ0) is 23.1. The molecule has 6 nitrogen and oxygen atoms in total. The van der Waals surface area contributed by atoms with Crippen molar-refractivity contribution < 1.29 is 19.1 Å². The molecule has 0 amide bonds. The van der Waals surface area contributed by atoms with E-state index in [1.165, 1.54) is 0 Å². The van der Waals surface area contributed by atoms with Gasteiger partial charge in [-0.05, 0) is 50.1 Å². The molecule has 0 N–H and O–H groups in total. The van der Waals surface area contributed by atoms with Gasteiger partial charge < -0.3 is 9.47 Å². The van der Waals surface area contributed by atoms with Gasteiger partial charge in [-0.25, -0.2) is 9.48 Å². The van der Waals surface area contributed by atoms with Gasteiger partial charge in [-0.1, -0.05) is 49.2 Å². The Balaban J connectivity index is 1.99. The molecule has 32 heavy (non-hydrogen) atoms. The summed E-state index contributed by atoms with van der Waals surface area (Å²) in [5, 5.41) is 5.22. The maximum absolute atomic E-state index is 12.7. The number of ether oxygens (including phenoxy) is 2. The van der Waals surface area contributed by atoms with Gasteiger partial charge in [0.15, 0.2) is 5.69 Å². The summed E-state index contributed by atoms with van der Waals surface area (Å²) in [4.78, 5) is 24.5. The Bertz CT molecular complexity index is 1070. The molecule has 0 aliphatic heterocycles. The summed E-state index contributed by atoms with van der Waals surface area (Å²) >= 11 is 6.07. The first-order valence-electron chi connectivity index (χ1n) is 10.7. The van der Waals surface area contributed by atoms with Crippen LogP contribution in [0.2, 0.25) is 5.02 Å². The van der Waals surface area contributed by atoms with Crippen molar-refractivity contribution in [2.45, 2.75) is 40.0 Å². The van der Waals surface area contributed by atoms with E-state index in [0.29, 0.717) is 18.2 Å². The summed E-state index contributed by atoms with van der Waals surface area (Å²) in [6, 6.07) is 14.8. The van der Waals surface area contributed by atoms with E-state index in [0.717, 1.165) is 40.9 Å². The standard InChI is InChI=1S/C25H27ClN2O4/c1-4-6-15-32-25(30)23-17(3)24(19-9-11-20(26)12-10-19)28(27-23)21-13-7-18(8-14-21)16-22(29)31-5-2/h7-14H,4-6,15-16H2,1-3H3. The lowest BCUT2D eigenvalue weighted by Crippen LogP contribution is -2.09. The number of halogens is 1. The molecule has 0 bridgehead atoms. The molecular weight excluding hydrogens is 428 g/mol. The predicted molar refractivity (Wildman–Crippen MR) is 124 cm³/mol. The molecule has 3 aromatic rings. The summed E-state index contributed by atoms with van der Waals surface area (Å²) < 4.78 is 12.1. The van der Waals surface area contributed by atoms with Crippen LogP contribution in [-0.2, 0) is 20.7 Å². The summed E-state index contributed by atoms with van der Waals surface area (Å²) in [6.07, 6.45) is 1.94. The van der Waals surface area contributed by atoms with Crippen molar-refractivity contribution in [2.75, 3.05) is 13.2 Å². The van der Waals surface area contributed by atoms with E-state index in [-0.39, 0.29) is 18.1 Å². The average Bonchev–Trinajstić information content (AvgIpc) is 3.12. The van der Waals surface area contributed by atoms with Crippen molar-refractivity contribution in [3.8, 4) is 16.9 Å². The molecular formula is C25H27ClN2O4. The highest BCUT2D eigenvalue weighted by atomic mass is 35.5. The highest BCUT2D eigenvalue weighted by Gasteiger charge is 2.23. The third kappa shape index (κ3) is 5.56. The average molecular weight is 455 g/mol. The number of aromatic nitrogens is 2. The largest absolute Gasteiger partial charge is 0.466 e. The number of hydrogen-bond acceptors (Lipinski definition) is 5. The molecule has 3 rings (SSSR count). The van der Waals surface area contributed by atoms with Gasteiger partial charge in [0.25, 0.3) is 0 Å². The fourth-order valence-electron chi connectivity index (χ4n) is 3.33. The molecule has 0 atom stereocenters. The second-order valence-electron chi connectivity index (χ2n) is 7.38. The van der Waals surface area contributed by atoms with Crippen LogP contribution in [0.4, 0.5) is 0 Å². The lowest BCUT2D eigenvalue weighted by molar-refractivity contribution is -0.142. The van der Waals surface area contributed by atoms with Crippen molar-refractivity contribution in [3.05, 3.63) is 70.4 Å². The number of unbranched alkanes of at least 4 members (excludes halogenated alkanes) is 1. The summed E-state index contributed by atoms with van der Waals surface area (Å²) in [5.74, 6) is -0.710. The molecule has 0 fully saturated rings. The molecule has 0 saturated heterocycles. The van der Waals surface area contributed by atoms with Crippen LogP contribution in [-0.4, -0.2) is 34.9 Å².